The number of non-ortho nitro benzene ring substituents is 1. The molecule has 8 nitrogen and oxygen atoms in total. The van der Waals surface area contributed by atoms with Crippen LogP contribution in [0.2, 0.25) is 0 Å². The largest absolute Gasteiger partial charge is 0.372 e. The highest BCUT2D eigenvalue weighted by Gasteiger charge is 2.28. The number of para-hydroxylation sites is 1. The Kier molecular flexibility index (Phi) is 5.70. The van der Waals surface area contributed by atoms with Gasteiger partial charge in [0.05, 0.1) is 28.4 Å². The van der Waals surface area contributed by atoms with Gasteiger partial charge in [0.25, 0.3) is 17.5 Å². The first-order chi connectivity index (χ1) is 13.3. The topological polar surface area (TPSA) is 102 Å². The van der Waals surface area contributed by atoms with Crippen molar-refractivity contribution in [3.8, 4) is 0 Å². The van der Waals surface area contributed by atoms with Crippen molar-refractivity contribution in [2.24, 2.45) is 0 Å². The molecule has 1 aliphatic rings. The summed E-state index contributed by atoms with van der Waals surface area (Å²) in [5.41, 5.74) is 0.950. The van der Waals surface area contributed by atoms with E-state index in [4.69, 9.17) is 4.74 Å². The second kappa shape index (κ2) is 8.18. The molecular formula is C20H21N3O5. The lowest BCUT2D eigenvalue weighted by atomic mass is 10.1. The average Bonchev–Trinajstić information content (AvgIpc) is 2.67. The minimum atomic E-state index is -0.528. The fourth-order valence-electron chi connectivity index (χ4n) is 3.22. The van der Waals surface area contributed by atoms with Gasteiger partial charge in [0.15, 0.2) is 0 Å². The quantitative estimate of drug-likeness (QED) is 0.646. The second-order valence-electron chi connectivity index (χ2n) is 6.77. The fraction of sp³-hybridized carbons (Fsp3) is 0.300. The van der Waals surface area contributed by atoms with Crippen LogP contribution in [-0.2, 0) is 4.74 Å². The third kappa shape index (κ3) is 4.34. The van der Waals surface area contributed by atoms with Crippen molar-refractivity contribution < 1.29 is 19.2 Å². The molecule has 0 unspecified atom stereocenters. The Bertz CT molecular complexity index is 887. The van der Waals surface area contributed by atoms with E-state index < -0.39 is 10.8 Å². The number of rotatable bonds is 4. The van der Waals surface area contributed by atoms with Crippen LogP contribution in [0.4, 0.5) is 11.4 Å². The molecule has 2 aromatic rings. The highest BCUT2D eigenvalue weighted by Crippen LogP contribution is 2.21. The number of carbonyl (C=O) groups excluding carboxylic acids is 2. The SMILES string of the molecule is C[C@@H]1CN(C(=O)c2ccccc2NC(=O)c2ccc([N+](=O)[O-])cc2)C[C@H](C)O1. The molecule has 2 atom stereocenters. The first-order valence-electron chi connectivity index (χ1n) is 8.94. The molecule has 1 heterocycles. The molecule has 0 aliphatic carbocycles. The maximum Gasteiger partial charge on any atom is 0.269 e. The summed E-state index contributed by atoms with van der Waals surface area (Å²) >= 11 is 0. The molecule has 2 amide bonds. The first-order valence-corrected chi connectivity index (χ1v) is 8.94. The predicted molar refractivity (Wildman–Crippen MR) is 103 cm³/mol. The lowest BCUT2D eigenvalue weighted by Gasteiger charge is -2.35. The number of nitrogens with zero attached hydrogens (tertiary/aromatic N) is 2. The Morgan fingerprint density at radius 3 is 2.29 bits per heavy atom. The van der Waals surface area contributed by atoms with Gasteiger partial charge in [-0.15, -0.1) is 0 Å². The van der Waals surface area contributed by atoms with Gasteiger partial charge in [0, 0.05) is 30.8 Å². The zero-order valence-corrected chi connectivity index (χ0v) is 15.6. The molecule has 3 rings (SSSR count). The number of nitro groups is 1. The van der Waals surface area contributed by atoms with Crippen LogP contribution in [0.15, 0.2) is 48.5 Å². The van der Waals surface area contributed by atoms with Crippen molar-refractivity contribution in [3.63, 3.8) is 0 Å². The molecule has 8 heteroatoms. The summed E-state index contributed by atoms with van der Waals surface area (Å²) in [6, 6.07) is 12.1. The number of nitrogens with one attached hydrogen (secondary N) is 1. The van der Waals surface area contributed by atoms with Gasteiger partial charge in [-0.1, -0.05) is 12.1 Å². The third-order valence-electron chi connectivity index (χ3n) is 4.45. The van der Waals surface area contributed by atoms with Crippen molar-refractivity contribution >= 4 is 23.2 Å². The Labute approximate surface area is 162 Å². The minimum absolute atomic E-state index is 0.0606. The molecule has 28 heavy (non-hydrogen) atoms. The Morgan fingerprint density at radius 1 is 1.07 bits per heavy atom. The van der Waals surface area contributed by atoms with Crippen LogP contribution in [0.5, 0.6) is 0 Å². The Balaban J connectivity index is 1.79. The smallest absolute Gasteiger partial charge is 0.269 e. The molecule has 0 radical (unpaired) electrons. The molecule has 1 aliphatic heterocycles. The molecule has 0 bridgehead atoms. The van der Waals surface area contributed by atoms with Gasteiger partial charge in [-0.25, -0.2) is 0 Å². The summed E-state index contributed by atoms with van der Waals surface area (Å²) in [6.45, 7) is 4.79. The van der Waals surface area contributed by atoms with Crippen LogP contribution >= 0.6 is 0 Å². The number of amides is 2. The maximum atomic E-state index is 13.0. The number of ether oxygens (including phenoxy) is 1. The van der Waals surface area contributed by atoms with Crippen LogP contribution in [0, 0.1) is 10.1 Å². The highest BCUT2D eigenvalue weighted by molar-refractivity contribution is 6.09. The van der Waals surface area contributed by atoms with E-state index in [-0.39, 0.29) is 29.4 Å². The zero-order valence-electron chi connectivity index (χ0n) is 15.6. The Hall–Kier alpha value is -3.26. The van der Waals surface area contributed by atoms with Crippen molar-refractivity contribution in [3.05, 3.63) is 69.8 Å². The van der Waals surface area contributed by atoms with E-state index in [0.717, 1.165) is 0 Å². The van der Waals surface area contributed by atoms with Gasteiger partial charge in [0.1, 0.15) is 0 Å². The molecule has 146 valence electrons. The lowest BCUT2D eigenvalue weighted by Crippen LogP contribution is -2.48. The van der Waals surface area contributed by atoms with Gasteiger partial charge in [-0.3, -0.25) is 19.7 Å². The number of benzene rings is 2. The van der Waals surface area contributed by atoms with Crippen LogP contribution in [0.1, 0.15) is 34.6 Å². The van der Waals surface area contributed by atoms with Crippen LogP contribution in [0.3, 0.4) is 0 Å². The van der Waals surface area contributed by atoms with Crippen LogP contribution < -0.4 is 5.32 Å². The number of hydrogen-bond acceptors (Lipinski definition) is 5. The number of anilines is 1. The normalized spacial score (nSPS) is 19.1. The van der Waals surface area contributed by atoms with Gasteiger partial charge < -0.3 is 15.0 Å². The molecule has 0 spiro atoms. The van der Waals surface area contributed by atoms with E-state index in [9.17, 15) is 19.7 Å². The van der Waals surface area contributed by atoms with E-state index in [2.05, 4.69) is 5.32 Å². The fourth-order valence-corrected chi connectivity index (χ4v) is 3.22. The maximum absolute atomic E-state index is 13.0. The van der Waals surface area contributed by atoms with E-state index >= 15 is 0 Å². The van der Waals surface area contributed by atoms with Crippen molar-refractivity contribution in [2.75, 3.05) is 18.4 Å². The molecule has 1 N–H and O–H groups in total. The summed E-state index contributed by atoms with van der Waals surface area (Å²) in [4.78, 5) is 37.5. The van der Waals surface area contributed by atoms with Crippen molar-refractivity contribution in [2.45, 2.75) is 26.1 Å². The van der Waals surface area contributed by atoms with E-state index in [0.29, 0.717) is 24.3 Å². The van der Waals surface area contributed by atoms with Gasteiger partial charge in [0.2, 0.25) is 0 Å². The van der Waals surface area contributed by atoms with Gasteiger partial charge in [-0.2, -0.15) is 0 Å². The molecule has 0 aromatic heterocycles. The monoisotopic (exact) mass is 383 g/mol. The van der Waals surface area contributed by atoms with Gasteiger partial charge >= 0.3 is 0 Å². The van der Waals surface area contributed by atoms with E-state index in [1.165, 1.54) is 24.3 Å². The van der Waals surface area contributed by atoms with Crippen molar-refractivity contribution in [1.82, 2.24) is 4.90 Å². The van der Waals surface area contributed by atoms with Crippen LogP contribution in [0.25, 0.3) is 0 Å². The summed E-state index contributed by atoms with van der Waals surface area (Å²) in [6.07, 6.45) is -0.121. The molecule has 2 aromatic carbocycles. The second-order valence-corrected chi connectivity index (χ2v) is 6.77. The zero-order chi connectivity index (χ0) is 20.3. The number of hydrogen-bond donors (Lipinski definition) is 1. The standard InChI is InChI=1S/C20H21N3O5/c1-13-11-22(12-14(2)28-13)20(25)17-5-3-4-6-18(17)21-19(24)15-7-9-16(10-8-15)23(26)27/h3-10,13-14H,11-12H2,1-2H3,(H,21,24)/t13-,14+. The van der Waals surface area contributed by atoms with E-state index in [1.54, 1.807) is 29.2 Å². The summed E-state index contributed by atoms with van der Waals surface area (Å²) in [5, 5.41) is 13.5. The summed E-state index contributed by atoms with van der Waals surface area (Å²) < 4.78 is 5.67. The lowest BCUT2D eigenvalue weighted by molar-refractivity contribution is -0.384. The molecular weight excluding hydrogens is 362 g/mol. The minimum Gasteiger partial charge on any atom is -0.372 e. The van der Waals surface area contributed by atoms with Crippen molar-refractivity contribution in [1.29, 1.82) is 0 Å². The number of nitro benzene ring substituents is 1. The number of morpholine rings is 1. The average molecular weight is 383 g/mol. The first kappa shape index (κ1) is 19.5. The predicted octanol–water partition coefficient (Wildman–Crippen LogP) is 3.10. The number of carbonyl (C=O) groups is 2. The summed E-state index contributed by atoms with van der Waals surface area (Å²) in [7, 11) is 0. The molecule has 1 fully saturated rings. The molecule has 1 saturated heterocycles. The molecule has 0 saturated carbocycles. The van der Waals surface area contributed by atoms with Gasteiger partial charge in [-0.05, 0) is 38.1 Å². The Morgan fingerprint density at radius 2 is 1.68 bits per heavy atom. The highest BCUT2D eigenvalue weighted by atomic mass is 16.6. The third-order valence-corrected chi connectivity index (χ3v) is 4.45. The van der Waals surface area contributed by atoms with E-state index in [1.807, 2.05) is 13.8 Å². The summed E-state index contributed by atoms with van der Waals surface area (Å²) in [5.74, 6) is -0.625. The van der Waals surface area contributed by atoms with Crippen LogP contribution in [-0.4, -0.2) is 46.9 Å².